The summed E-state index contributed by atoms with van der Waals surface area (Å²) in [5, 5.41) is 3.53. The maximum absolute atomic E-state index is 5.98. The van der Waals surface area contributed by atoms with Crippen molar-refractivity contribution in [2.45, 2.75) is 58.8 Å². The Labute approximate surface area is 129 Å². The Morgan fingerprint density at radius 2 is 1.95 bits per heavy atom. The van der Waals surface area contributed by atoms with Gasteiger partial charge in [0.05, 0.1) is 11.7 Å². The summed E-state index contributed by atoms with van der Waals surface area (Å²) < 4.78 is 5.98. The van der Waals surface area contributed by atoms with Gasteiger partial charge in [0.15, 0.2) is 0 Å². The van der Waals surface area contributed by atoms with E-state index in [4.69, 9.17) is 4.74 Å². The van der Waals surface area contributed by atoms with Crippen molar-refractivity contribution in [2.75, 3.05) is 24.5 Å². The number of ether oxygens (including phenoxy) is 1. The summed E-state index contributed by atoms with van der Waals surface area (Å²) >= 11 is 0. The lowest BCUT2D eigenvalue weighted by atomic mass is 10.0. The number of nitrogens with one attached hydrogen (secondary N) is 1. The van der Waals surface area contributed by atoms with Gasteiger partial charge < -0.3 is 15.0 Å². The summed E-state index contributed by atoms with van der Waals surface area (Å²) in [6, 6.07) is 9.50. The van der Waals surface area contributed by atoms with Gasteiger partial charge in [-0.2, -0.15) is 0 Å². The first-order chi connectivity index (χ1) is 9.95. The zero-order valence-electron chi connectivity index (χ0n) is 14.1. The molecule has 1 aromatic rings. The van der Waals surface area contributed by atoms with E-state index in [0.717, 1.165) is 26.1 Å². The number of nitrogens with zero attached hydrogens (tertiary/aromatic N) is 1. The van der Waals surface area contributed by atoms with E-state index in [2.05, 4.69) is 69.1 Å². The number of rotatable bonds is 5. The third-order valence-corrected chi connectivity index (χ3v) is 4.09. The Hall–Kier alpha value is -1.06. The molecular weight excluding hydrogens is 260 g/mol. The van der Waals surface area contributed by atoms with E-state index in [-0.39, 0.29) is 11.7 Å². The van der Waals surface area contributed by atoms with Crippen molar-refractivity contribution in [1.29, 1.82) is 0 Å². The molecular formula is C18H30N2O. The van der Waals surface area contributed by atoms with E-state index >= 15 is 0 Å². The molecule has 1 aromatic carbocycles. The van der Waals surface area contributed by atoms with Gasteiger partial charge in [-0.25, -0.2) is 0 Å². The second-order valence-electron chi connectivity index (χ2n) is 6.68. The van der Waals surface area contributed by atoms with Crippen LogP contribution in [-0.2, 0) is 4.74 Å². The van der Waals surface area contributed by atoms with Crippen molar-refractivity contribution in [1.82, 2.24) is 5.32 Å². The van der Waals surface area contributed by atoms with Crippen LogP contribution in [0.2, 0.25) is 0 Å². The first kappa shape index (κ1) is 16.3. The molecule has 0 aliphatic carbocycles. The second-order valence-corrected chi connectivity index (χ2v) is 6.68. The van der Waals surface area contributed by atoms with Crippen molar-refractivity contribution in [3.8, 4) is 0 Å². The van der Waals surface area contributed by atoms with Gasteiger partial charge in [-0.3, -0.25) is 0 Å². The smallest absolute Gasteiger partial charge is 0.0805 e. The van der Waals surface area contributed by atoms with E-state index in [1.165, 1.54) is 11.3 Å². The van der Waals surface area contributed by atoms with Crippen LogP contribution in [-0.4, -0.2) is 31.3 Å². The summed E-state index contributed by atoms with van der Waals surface area (Å²) in [4.78, 5) is 2.44. The highest BCUT2D eigenvalue weighted by molar-refractivity contribution is 5.49. The topological polar surface area (TPSA) is 24.5 Å². The summed E-state index contributed by atoms with van der Waals surface area (Å²) in [7, 11) is 0. The van der Waals surface area contributed by atoms with Crippen LogP contribution in [0.25, 0.3) is 0 Å². The molecule has 2 unspecified atom stereocenters. The third kappa shape index (κ3) is 4.21. The van der Waals surface area contributed by atoms with Crippen LogP contribution in [0.5, 0.6) is 0 Å². The molecule has 3 nitrogen and oxygen atoms in total. The third-order valence-electron chi connectivity index (χ3n) is 4.09. The molecule has 0 bridgehead atoms. The summed E-state index contributed by atoms with van der Waals surface area (Å²) in [6.45, 7) is 13.8. The Balaban J connectivity index is 2.11. The summed E-state index contributed by atoms with van der Waals surface area (Å²) in [5.41, 5.74) is 2.60. The molecule has 0 amide bonds. The van der Waals surface area contributed by atoms with Crippen molar-refractivity contribution >= 4 is 5.69 Å². The van der Waals surface area contributed by atoms with Crippen molar-refractivity contribution < 1.29 is 4.74 Å². The Kier molecular flexibility index (Phi) is 5.28. The van der Waals surface area contributed by atoms with Gasteiger partial charge >= 0.3 is 0 Å². The van der Waals surface area contributed by atoms with Crippen LogP contribution in [0.1, 0.15) is 52.6 Å². The lowest BCUT2D eigenvalue weighted by Gasteiger charge is -2.43. The molecule has 21 heavy (non-hydrogen) atoms. The fourth-order valence-corrected chi connectivity index (χ4v) is 3.31. The summed E-state index contributed by atoms with van der Waals surface area (Å²) in [5.74, 6) is 0. The van der Waals surface area contributed by atoms with E-state index in [9.17, 15) is 0 Å². The second kappa shape index (κ2) is 6.80. The SMILES string of the molecule is CCNC(CC)c1ccc(N2CC(C)OC(C)(C)C2)cc1. The molecule has 1 saturated heterocycles. The molecule has 1 aliphatic heterocycles. The van der Waals surface area contributed by atoms with Crippen LogP contribution in [0.15, 0.2) is 24.3 Å². The minimum Gasteiger partial charge on any atom is -0.369 e. The molecule has 3 heteroatoms. The van der Waals surface area contributed by atoms with Crippen LogP contribution in [0, 0.1) is 0 Å². The van der Waals surface area contributed by atoms with Gasteiger partial charge in [0.2, 0.25) is 0 Å². The standard InChI is InChI=1S/C18H30N2O/c1-6-17(19-7-2)15-8-10-16(11-9-15)20-12-14(3)21-18(4,5)13-20/h8-11,14,17,19H,6-7,12-13H2,1-5H3. The monoisotopic (exact) mass is 290 g/mol. The quantitative estimate of drug-likeness (QED) is 0.894. The van der Waals surface area contributed by atoms with Gasteiger partial charge in [-0.15, -0.1) is 0 Å². The highest BCUT2D eigenvalue weighted by Gasteiger charge is 2.31. The maximum Gasteiger partial charge on any atom is 0.0805 e. The molecule has 1 N–H and O–H groups in total. The fraction of sp³-hybridized carbons (Fsp3) is 0.667. The fourth-order valence-electron chi connectivity index (χ4n) is 3.31. The molecule has 2 atom stereocenters. The maximum atomic E-state index is 5.98. The highest BCUT2D eigenvalue weighted by atomic mass is 16.5. The predicted octanol–water partition coefficient (Wildman–Crippen LogP) is 3.75. The van der Waals surface area contributed by atoms with E-state index in [0.29, 0.717) is 6.04 Å². The van der Waals surface area contributed by atoms with Crippen molar-refractivity contribution in [3.05, 3.63) is 29.8 Å². The predicted molar refractivity (Wildman–Crippen MR) is 90.0 cm³/mol. The number of hydrogen-bond acceptors (Lipinski definition) is 3. The summed E-state index contributed by atoms with van der Waals surface area (Å²) in [6.07, 6.45) is 1.40. The Morgan fingerprint density at radius 3 is 2.48 bits per heavy atom. The van der Waals surface area contributed by atoms with Crippen molar-refractivity contribution in [2.24, 2.45) is 0 Å². The Bertz CT molecular complexity index is 441. The number of anilines is 1. The van der Waals surface area contributed by atoms with Crippen LogP contribution in [0.4, 0.5) is 5.69 Å². The average Bonchev–Trinajstić information content (AvgIpc) is 2.43. The van der Waals surface area contributed by atoms with Gasteiger partial charge in [0.25, 0.3) is 0 Å². The van der Waals surface area contributed by atoms with E-state index in [1.807, 2.05) is 0 Å². The zero-order chi connectivity index (χ0) is 15.5. The zero-order valence-corrected chi connectivity index (χ0v) is 14.1. The average molecular weight is 290 g/mol. The molecule has 1 fully saturated rings. The number of morpholine rings is 1. The van der Waals surface area contributed by atoms with Crippen LogP contribution < -0.4 is 10.2 Å². The lowest BCUT2D eigenvalue weighted by Crippen LogP contribution is -2.52. The highest BCUT2D eigenvalue weighted by Crippen LogP contribution is 2.27. The number of benzene rings is 1. The molecule has 1 aliphatic rings. The first-order valence-electron chi connectivity index (χ1n) is 8.21. The first-order valence-corrected chi connectivity index (χ1v) is 8.21. The molecule has 0 saturated carbocycles. The minimum atomic E-state index is -0.0773. The van der Waals surface area contributed by atoms with Crippen LogP contribution >= 0.6 is 0 Å². The molecule has 1 heterocycles. The van der Waals surface area contributed by atoms with E-state index in [1.54, 1.807) is 0 Å². The molecule has 0 spiro atoms. The van der Waals surface area contributed by atoms with Crippen molar-refractivity contribution in [3.63, 3.8) is 0 Å². The van der Waals surface area contributed by atoms with Crippen LogP contribution in [0.3, 0.4) is 0 Å². The molecule has 0 aromatic heterocycles. The van der Waals surface area contributed by atoms with E-state index < -0.39 is 0 Å². The minimum absolute atomic E-state index is 0.0773. The van der Waals surface area contributed by atoms with Gasteiger partial charge in [-0.1, -0.05) is 26.0 Å². The molecule has 2 rings (SSSR count). The molecule has 118 valence electrons. The normalized spacial score (nSPS) is 23.1. The number of hydrogen-bond donors (Lipinski definition) is 1. The lowest BCUT2D eigenvalue weighted by molar-refractivity contribution is -0.0749. The van der Waals surface area contributed by atoms with Gasteiger partial charge in [0, 0.05) is 24.8 Å². The van der Waals surface area contributed by atoms with Gasteiger partial charge in [-0.05, 0) is 51.4 Å². The molecule has 0 radical (unpaired) electrons. The Morgan fingerprint density at radius 1 is 1.29 bits per heavy atom. The largest absolute Gasteiger partial charge is 0.369 e. The van der Waals surface area contributed by atoms with Gasteiger partial charge in [0.1, 0.15) is 0 Å².